The van der Waals surface area contributed by atoms with Gasteiger partial charge < -0.3 is 14.7 Å². The first kappa shape index (κ1) is 13.8. The topological polar surface area (TPSA) is 49.8 Å². The first-order chi connectivity index (χ1) is 8.21. The smallest absolute Gasteiger partial charge is 0.237 e. The number of carbonyl (C=O) groups is 1. The number of nitrogens with zero attached hydrogens (tertiary/aromatic N) is 1. The largest absolute Gasteiger partial charge is 0.497 e. The SMILES string of the molecule is COc1ccc(CN(CCO)C(=O)CCl)cc1. The Bertz CT molecular complexity index is 353. The molecular weight excluding hydrogens is 242 g/mol. The van der Waals surface area contributed by atoms with E-state index in [2.05, 4.69) is 0 Å². The van der Waals surface area contributed by atoms with E-state index in [4.69, 9.17) is 21.4 Å². The van der Waals surface area contributed by atoms with Gasteiger partial charge in [-0.2, -0.15) is 0 Å². The first-order valence-corrected chi connectivity index (χ1v) is 5.82. The van der Waals surface area contributed by atoms with Crippen molar-refractivity contribution in [2.45, 2.75) is 6.54 Å². The summed E-state index contributed by atoms with van der Waals surface area (Å²) in [5.41, 5.74) is 0.970. The molecule has 0 atom stereocenters. The normalized spacial score (nSPS) is 10.1. The quantitative estimate of drug-likeness (QED) is 0.781. The van der Waals surface area contributed by atoms with Crippen molar-refractivity contribution >= 4 is 17.5 Å². The van der Waals surface area contributed by atoms with Crippen LogP contribution < -0.4 is 4.74 Å². The lowest BCUT2D eigenvalue weighted by atomic mass is 10.2. The van der Waals surface area contributed by atoms with Gasteiger partial charge >= 0.3 is 0 Å². The summed E-state index contributed by atoms with van der Waals surface area (Å²) in [6, 6.07) is 7.42. The van der Waals surface area contributed by atoms with Crippen LogP contribution in [0.5, 0.6) is 5.75 Å². The Labute approximate surface area is 106 Å². The Hall–Kier alpha value is -1.26. The Morgan fingerprint density at radius 1 is 1.41 bits per heavy atom. The lowest BCUT2D eigenvalue weighted by molar-refractivity contribution is -0.129. The fourth-order valence-electron chi connectivity index (χ4n) is 1.45. The zero-order valence-electron chi connectivity index (χ0n) is 9.73. The van der Waals surface area contributed by atoms with Crippen molar-refractivity contribution in [3.8, 4) is 5.75 Å². The molecule has 5 heteroatoms. The zero-order chi connectivity index (χ0) is 12.7. The van der Waals surface area contributed by atoms with E-state index >= 15 is 0 Å². The minimum Gasteiger partial charge on any atom is -0.497 e. The number of rotatable bonds is 6. The Kier molecular flexibility index (Phi) is 5.80. The van der Waals surface area contributed by atoms with Crippen molar-refractivity contribution in [2.24, 2.45) is 0 Å². The summed E-state index contributed by atoms with van der Waals surface area (Å²) in [6.45, 7) is 0.659. The van der Waals surface area contributed by atoms with E-state index in [-0.39, 0.29) is 24.9 Å². The average molecular weight is 258 g/mol. The Balaban J connectivity index is 2.68. The van der Waals surface area contributed by atoms with Gasteiger partial charge in [-0.3, -0.25) is 4.79 Å². The Morgan fingerprint density at radius 2 is 2.06 bits per heavy atom. The standard InChI is InChI=1S/C12H16ClNO3/c1-17-11-4-2-10(3-5-11)9-14(6-7-15)12(16)8-13/h2-5,15H,6-9H2,1H3. The third-order valence-electron chi connectivity index (χ3n) is 2.37. The molecule has 0 spiro atoms. The lowest BCUT2D eigenvalue weighted by Crippen LogP contribution is -2.33. The van der Waals surface area contributed by atoms with Crippen molar-refractivity contribution in [3.05, 3.63) is 29.8 Å². The van der Waals surface area contributed by atoms with Crippen molar-refractivity contribution in [1.29, 1.82) is 0 Å². The van der Waals surface area contributed by atoms with E-state index in [0.717, 1.165) is 11.3 Å². The number of hydrogen-bond acceptors (Lipinski definition) is 3. The van der Waals surface area contributed by atoms with Gasteiger partial charge in [0.1, 0.15) is 11.6 Å². The summed E-state index contributed by atoms with van der Waals surface area (Å²) in [4.78, 5) is 13.0. The van der Waals surface area contributed by atoms with Gasteiger partial charge in [0.15, 0.2) is 0 Å². The molecule has 0 aliphatic heterocycles. The average Bonchev–Trinajstić information content (AvgIpc) is 2.38. The number of ether oxygens (including phenoxy) is 1. The van der Waals surface area contributed by atoms with Crippen LogP contribution in [0.1, 0.15) is 5.56 Å². The van der Waals surface area contributed by atoms with E-state index in [9.17, 15) is 4.79 Å². The predicted molar refractivity (Wildman–Crippen MR) is 66.2 cm³/mol. The number of halogens is 1. The van der Waals surface area contributed by atoms with Gasteiger partial charge in [-0.1, -0.05) is 12.1 Å². The second kappa shape index (κ2) is 7.14. The van der Waals surface area contributed by atoms with Gasteiger partial charge in [-0.25, -0.2) is 0 Å². The van der Waals surface area contributed by atoms with Gasteiger partial charge in [0.05, 0.1) is 13.7 Å². The fourth-order valence-corrected chi connectivity index (χ4v) is 1.62. The fraction of sp³-hybridized carbons (Fsp3) is 0.417. The third-order valence-corrected chi connectivity index (χ3v) is 2.60. The molecular formula is C12H16ClNO3. The number of carbonyl (C=O) groups excluding carboxylic acids is 1. The van der Waals surface area contributed by atoms with E-state index in [0.29, 0.717) is 6.54 Å². The third kappa shape index (κ3) is 4.24. The molecule has 0 aliphatic carbocycles. The van der Waals surface area contributed by atoms with Crippen molar-refractivity contribution in [2.75, 3.05) is 26.1 Å². The predicted octanol–water partition coefficient (Wildman–Crippen LogP) is 1.25. The second-order valence-corrected chi connectivity index (χ2v) is 3.79. The highest BCUT2D eigenvalue weighted by Gasteiger charge is 2.11. The summed E-state index contributed by atoms with van der Waals surface area (Å²) >= 11 is 5.50. The molecule has 0 saturated heterocycles. The summed E-state index contributed by atoms with van der Waals surface area (Å²) < 4.78 is 5.05. The van der Waals surface area contributed by atoms with Crippen LogP contribution in [0, 0.1) is 0 Å². The van der Waals surface area contributed by atoms with Gasteiger partial charge in [-0.15, -0.1) is 11.6 Å². The number of aliphatic hydroxyl groups is 1. The van der Waals surface area contributed by atoms with E-state index in [1.54, 1.807) is 7.11 Å². The minimum atomic E-state index is -0.184. The van der Waals surface area contributed by atoms with Crippen LogP contribution in [0.2, 0.25) is 0 Å². The minimum absolute atomic E-state index is 0.0707. The van der Waals surface area contributed by atoms with Gasteiger partial charge in [0.25, 0.3) is 0 Å². The highest BCUT2D eigenvalue weighted by Crippen LogP contribution is 2.13. The maximum absolute atomic E-state index is 11.5. The van der Waals surface area contributed by atoms with E-state index < -0.39 is 0 Å². The van der Waals surface area contributed by atoms with Gasteiger partial charge in [0.2, 0.25) is 5.91 Å². The molecule has 17 heavy (non-hydrogen) atoms. The number of hydrogen-bond donors (Lipinski definition) is 1. The molecule has 0 radical (unpaired) electrons. The molecule has 0 aromatic heterocycles. The maximum Gasteiger partial charge on any atom is 0.237 e. The van der Waals surface area contributed by atoms with Gasteiger partial charge in [-0.05, 0) is 17.7 Å². The van der Waals surface area contributed by atoms with Crippen LogP contribution in [-0.4, -0.2) is 42.1 Å². The summed E-state index contributed by atoms with van der Waals surface area (Å²) in [5.74, 6) is 0.513. The van der Waals surface area contributed by atoms with Crippen molar-refractivity contribution in [1.82, 2.24) is 4.90 Å². The molecule has 94 valence electrons. The molecule has 0 saturated carbocycles. The van der Waals surface area contributed by atoms with E-state index in [1.165, 1.54) is 4.90 Å². The first-order valence-electron chi connectivity index (χ1n) is 5.28. The van der Waals surface area contributed by atoms with Crippen LogP contribution in [0.3, 0.4) is 0 Å². The number of aliphatic hydroxyl groups excluding tert-OH is 1. The maximum atomic E-state index is 11.5. The number of benzene rings is 1. The monoisotopic (exact) mass is 257 g/mol. The number of methoxy groups -OCH3 is 1. The highest BCUT2D eigenvalue weighted by atomic mass is 35.5. The zero-order valence-corrected chi connectivity index (χ0v) is 10.5. The molecule has 4 nitrogen and oxygen atoms in total. The lowest BCUT2D eigenvalue weighted by Gasteiger charge is -2.20. The molecule has 1 rings (SSSR count). The molecule has 0 aliphatic rings. The van der Waals surface area contributed by atoms with Crippen LogP contribution in [0.15, 0.2) is 24.3 Å². The molecule has 0 bridgehead atoms. The van der Waals surface area contributed by atoms with Crippen LogP contribution >= 0.6 is 11.6 Å². The second-order valence-electron chi connectivity index (χ2n) is 3.52. The van der Waals surface area contributed by atoms with Crippen molar-refractivity contribution in [3.63, 3.8) is 0 Å². The summed E-state index contributed by atoms with van der Waals surface area (Å²) in [6.07, 6.45) is 0. The van der Waals surface area contributed by atoms with E-state index in [1.807, 2.05) is 24.3 Å². The van der Waals surface area contributed by atoms with Crippen LogP contribution in [0.25, 0.3) is 0 Å². The van der Waals surface area contributed by atoms with Gasteiger partial charge in [0, 0.05) is 13.1 Å². The summed E-state index contributed by atoms with van der Waals surface area (Å²) in [5, 5.41) is 8.88. The number of alkyl halides is 1. The van der Waals surface area contributed by atoms with Crippen LogP contribution in [0.4, 0.5) is 0 Å². The molecule has 0 heterocycles. The van der Waals surface area contributed by atoms with Crippen LogP contribution in [-0.2, 0) is 11.3 Å². The Morgan fingerprint density at radius 3 is 2.53 bits per heavy atom. The molecule has 0 fully saturated rings. The highest BCUT2D eigenvalue weighted by molar-refractivity contribution is 6.27. The molecule has 0 unspecified atom stereocenters. The molecule has 1 aromatic rings. The van der Waals surface area contributed by atoms with Crippen molar-refractivity contribution < 1.29 is 14.6 Å². The molecule has 1 aromatic carbocycles. The molecule has 1 amide bonds. The summed E-state index contributed by atoms with van der Waals surface area (Å²) in [7, 11) is 1.60. The number of amides is 1. The molecule has 1 N–H and O–H groups in total.